The average Bonchev–Trinajstić information content (AvgIpc) is 2.98. The molecule has 0 radical (unpaired) electrons. The van der Waals surface area contributed by atoms with Crippen LogP contribution >= 0.6 is 0 Å². The highest BCUT2D eigenvalue weighted by atomic mass is 32.2. The van der Waals surface area contributed by atoms with E-state index in [-0.39, 0.29) is 12.0 Å². The van der Waals surface area contributed by atoms with E-state index in [0.29, 0.717) is 11.4 Å². The number of sulfonamides is 1. The number of hydrogen-bond acceptors (Lipinski definition) is 3. The molecule has 0 aliphatic heterocycles. The number of nitrogens with one attached hydrogen (secondary N) is 1. The Morgan fingerprint density at radius 2 is 2.29 bits per heavy atom. The second-order valence-corrected chi connectivity index (χ2v) is 6.56. The molecule has 3 N–H and O–H groups in total. The molecule has 2 rings (SSSR count). The van der Waals surface area contributed by atoms with Gasteiger partial charge in [-0.3, -0.25) is 0 Å². The van der Waals surface area contributed by atoms with Crippen LogP contribution in [0.4, 0.5) is 0 Å². The van der Waals surface area contributed by atoms with Crippen molar-refractivity contribution in [2.24, 2.45) is 11.7 Å². The van der Waals surface area contributed by atoms with E-state index >= 15 is 0 Å². The van der Waals surface area contributed by atoms with Crippen molar-refractivity contribution in [2.45, 2.75) is 30.2 Å². The van der Waals surface area contributed by atoms with Crippen molar-refractivity contribution in [1.29, 1.82) is 0 Å². The Morgan fingerprint density at radius 3 is 2.88 bits per heavy atom. The normalized spacial score (nSPS) is 25.6. The summed E-state index contributed by atoms with van der Waals surface area (Å²) in [5.41, 5.74) is 5.70. The van der Waals surface area contributed by atoms with Crippen molar-refractivity contribution in [1.82, 2.24) is 9.29 Å². The lowest BCUT2D eigenvalue weighted by Crippen LogP contribution is -2.41. The van der Waals surface area contributed by atoms with Crippen LogP contribution in [0.25, 0.3) is 0 Å². The van der Waals surface area contributed by atoms with Crippen LogP contribution in [0.2, 0.25) is 0 Å². The predicted octanol–water partition coefficient (Wildman–Crippen LogP) is 0.763. The van der Waals surface area contributed by atoms with Crippen molar-refractivity contribution < 1.29 is 8.42 Å². The number of nitrogens with two attached hydrogens (primary N) is 1. The maximum absolute atomic E-state index is 12.3. The minimum Gasteiger partial charge on any atom is -0.366 e. The first-order valence-corrected chi connectivity index (χ1v) is 7.32. The van der Waals surface area contributed by atoms with Crippen LogP contribution in [-0.2, 0) is 10.0 Å². The molecule has 17 heavy (non-hydrogen) atoms. The Bertz CT molecular complexity index is 455. The lowest BCUT2D eigenvalue weighted by atomic mass is 10.0. The molecule has 96 valence electrons. The van der Waals surface area contributed by atoms with E-state index in [1.54, 1.807) is 19.3 Å². The van der Waals surface area contributed by atoms with E-state index in [2.05, 4.69) is 4.98 Å². The van der Waals surface area contributed by atoms with Crippen molar-refractivity contribution in [3.8, 4) is 0 Å². The number of aromatic amines is 1. The maximum atomic E-state index is 12.3. The van der Waals surface area contributed by atoms with Gasteiger partial charge in [0.05, 0.1) is 4.90 Å². The van der Waals surface area contributed by atoms with Crippen molar-refractivity contribution in [3.63, 3.8) is 0 Å². The molecule has 0 saturated heterocycles. The first kappa shape index (κ1) is 12.6. The third-order valence-electron chi connectivity index (χ3n) is 3.64. The fraction of sp³-hybridized carbons (Fsp3) is 0.636. The highest BCUT2D eigenvalue weighted by molar-refractivity contribution is 7.89. The number of aromatic nitrogens is 1. The monoisotopic (exact) mass is 257 g/mol. The zero-order valence-electron chi connectivity index (χ0n) is 9.96. The SMILES string of the molecule is CN(C1CCCC1CN)S(=O)(=O)c1cc[nH]c1. The van der Waals surface area contributed by atoms with Crippen molar-refractivity contribution >= 4 is 10.0 Å². The molecule has 1 aromatic heterocycles. The highest BCUT2D eigenvalue weighted by Gasteiger charge is 2.35. The van der Waals surface area contributed by atoms with Crippen LogP contribution < -0.4 is 5.73 Å². The molecule has 0 amide bonds. The second-order valence-electron chi connectivity index (χ2n) is 4.56. The minimum absolute atomic E-state index is 0.0416. The van der Waals surface area contributed by atoms with E-state index in [0.717, 1.165) is 19.3 Å². The predicted molar refractivity (Wildman–Crippen MR) is 65.9 cm³/mol. The molecule has 1 fully saturated rings. The summed E-state index contributed by atoms with van der Waals surface area (Å²) in [6, 6.07) is 1.62. The van der Waals surface area contributed by atoms with Gasteiger partial charge in [-0.15, -0.1) is 0 Å². The van der Waals surface area contributed by atoms with Gasteiger partial charge in [0.1, 0.15) is 0 Å². The summed E-state index contributed by atoms with van der Waals surface area (Å²) in [6.45, 7) is 0.553. The van der Waals surface area contributed by atoms with Crippen LogP contribution in [0.15, 0.2) is 23.4 Å². The first-order valence-electron chi connectivity index (χ1n) is 5.88. The average molecular weight is 257 g/mol. The molecule has 5 nitrogen and oxygen atoms in total. The Morgan fingerprint density at radius 1 is 1.53 bits per heavy atom. The largest absolute Gasteiger partial charge is 0.366 e. The topological polar surface area (TPSA) is 79.2 Å². The van der Waals surface area contributed by atoms with E-state index in [1.807, 2.05) is 0 Å². The number of nitrogens with zero attached hydrogens (tertiary/aromatic N) is 1. The molecule has 0 bridgehead atoms. The fourth-order valence-corrected chi connectivity index (χ4v) is 4.01. The Labute approximate surface area is 102 Å². The third-order valence-corrected chi connectivity index (χ3v) is 5.51. The van der Waals surface area contributed by atoms with Gasteiger partial charge in [0.25, 0.3) is 0 Å². The molecule has 1 saturated carbocycles. The van der Waals surface area contributed by atoms with E-state index in [1.165, 1.54) is 10.5 Å². The smallest absolute Gasteiger partial charge is 0.244 e. The fourth-order valence-electron chi connectivity index (χ4n) is 2.58. The van der Waals surface area contributed by atoms with Gasteiger partial charge in [0.15, 0.2) is 0 Å². The van der Waals surface area contributed by atoms with E-state index in [4.69, 9.17) is 5.73 Å². The van der Waals surface area contributed by atoms with Crippen molar-refractivity contribution in [2.75, 3.05) is 13.6 Å². The molecule has 2 unspecified atom stereocenters. The van der Waals surface area contributed by atoms with Crippen LogP contribution in [0.1, 0.15) is 19.3 Å². The van der Waals surface area contributed by atoms with Gasteiger partial charge in [-0.25, -0.2) is 8.42 Å². The quantitative estimate of drug-likeness (QED) is 0.836. The summed E-state index contributed by atoms with van der Waals surface area (Å²) in [4.78, 5) is 3.10. The molecule has 0 aromatic carbocycles. The Balaban J connectivity index is 2.22. The molecule has 0 spiro atoms. The van der Waals surface area contributed by atoms with E-state index in [9.17, 15) is 8.42 Å². The van der Waals surface area contributed by atoms with Gasteiger partial charge in [0.2, 0.25) is 10.0 Å². The van der Waals surface area contributed by atoms with Gasteiger partial charge in [-0.05, 0) is 31.4 Å². The molecule has 2 atom stereocenters. The van der Waals surface area contributed by atoms with Crippen LogP contribution in [0, 0.1) is 5.92 Å². The second kappa shape index (κ2) is 4.80. The Hall–Kier alpha value is -0.850. The van der Waals surface area contributed by atoms with Crippen molar-refractivity contribution in [3.05, 3.63) is 18.5 Å². The zero-order valence-corrected chi connectivity index (χ0v) is 10.8. The first-order chi connectivity index (χ1) is 8.07. The zero-order chi connectivity index (χ0) is 12.5. The lowest BCUT2D eigenvalue weighted by molar-refractivity contribution is 0.304. The Kier molecular flexibility index (Phi) is 3.56. The lowest BCUT2D eigenvalue weighted by Gasteiger charge is -2.27. The summed E-state index contributed by atoms with van der Waals surface area (Å²) in [5.74, 6) is 0.286. The molecular formula is C11H19N3O2S. The molecule has 1 aliphatic carbocycles. The number of H-pyrrole nitrogens is 1. The van der Waals surface area contributed by atoms with Gasteiger partial charge < -0.3 is 10.7 Å². The summed E-state index contributed by atoms with van der Waals surface area (Å²) in [6.07, 6.45) is 6.11. The van der Waals surface area contributed by atoms with Gasteiger partial charge >= 0.3 is 0 Å². The maximum Gasteiger partial charge on any atom is 0.244 e. The number of rotatable bonds is 4. The summed E-state index contributed by atoms with van der Waals surface area (Å²) < 4.78 is 26.1. The molecule has 6 heteroatoms. The van der Waals surface area contributed by atoms with Crippen LogP contribution in [-0.4, -0.2) is 37.3 Å². The summed E-state index contributed by atoms with van der Waals surface area (Å²) >= 11 is 0. The number of hydrogen-bond donors (Lipinski definition) is 2. The van der Waals surface area contributed by atoms with E-state index < -0.39 is 10.0 Å². The van der Waals surface area contributed by atoms with Gasteiger partial charge in [-0.2, -0.15) is 4.31 Å². The molecule has 1 heterocycles. The molecule has 1 aliphatic rings. The molecular weight excluding hydrogens is 238 g/mol. The van der Waals surface area contributed by atoms with Crippen LogP contribution in [0.3, 0.4) is 0 Å². The van der Waals surface area contributed by atoms with Gasteiger partial charge in [-0.1, -0.05) is 6.42 Å². The standard InChI is InChI=1S/C11H19N3O2S/c1-14(11-4-2-3-9(11)7-12)17(15,16)10-5-6-13-8-10/h5-6,8-9,11,13H,2-4,7,12H2,1H3. The summed E-state index contributed by atoms with van der Waals surface area (Å²) in [5, 5.41) is 0. The highest BCUT2D eigenvalue weighted by Crippen LogP contribution is 2.31. The minimum atomic E-state index is -3.38. The summed E-state index contributed by atoms with van der Waals surface area (Å²) in [7, 11) is -1.72. The van der Waals surface area contributed by atoms with Gasteiger partial charge in [0, 0.05) is 25.5 Å². The third kappa shape index (κ3) is 2.25. The van der Waals surface area contributed by atoms with Crippen LogP contribution in [0.5, 0.6) is 0 Å². The molecule has 1 aromatic rings.